The Kier molecular flexibility index (Phi) is 4.20. The molecule has 1 atom stereocenters. The highest BCUT2D eigenvalue weighted by atomic mass is 19.1. The zero-order valence-corrected chi connectivity index (χ0v) is 11.4. The molecular formula is C15H20FNO2. The van der Waals surface area contributed by atoms with Gasteiger partial charge in [-0.15, -0.1) is 0 Å². The molecular weight excluding hydrogens is 245 g/mol. The summed E-state index contributed by atoms with van der Waals surface area (Å²) < 4.78 is 18.4. The van der Waals surface area contributed by atoms with Crippen LogP contribution in [0.25, 0.3) is 0 Å². The fourth-order valence-corrected chi connectivity index (χ4v) is 2.21. The van der Waals surface area contributed by atoms with Gasteiger partial charge in [0.2, 0.25) is 0 Å². The van der Waals surface area contributed by atoms with Crippen molar-refractivity contribution in [3.8, 4) is 0 Å². The minimum Gasteiger partial charge on any atom is -0.465 e. The first-order valence-corrected chi connectivity index (χ1v) is 6.73. The number of carbonyl (C=O) groups is 1. The van der Waals surface area contributed by atoms with E-state index >= 15 is 0 Å². The van der Waals surface area contributed by atoms with E-state index in [9.17, 15) is 9.18 Å². The summed E-state index contributed by atoms with van der Waals surface area (Å²) >= 11 is 0. The van der Waals surface area contributed by atoms with Gasteiger partial charge >= 0.3 is 5.97 Å². The van der Waals surface area contributed by atoms with Crippen molar-refractivity contribution >= 4 is 5.97 Å². The second-order valence-electron chi connectivity index (χ2n) is 5.28. The van der Waals surface area contributed by atoms with E-state index in [0.29, 0.717) is 19.1 Å². The van der Waals surface area contributed by atoms with Gasteiger partial charge in [-0.25, -0.2) is 4.39 Å². The van der Waals surface area contributed by atoms with Crippen molar-refractivity contribution in [2.75, 3.05) is 6.61 Å². The SMILES string of the molecule is CCOC(=O)C(C)(Cc1cccc(F)c1)NC1CC1. The summed E-state index contributed by atoms with van der Waals surface area (Å²) in [6.45, 7) is 3.97. The van der Waals surface area contributed by atoms with Crippen LogP contribution in [0.2, 0.25) is 0 Å². The number of halogens is 1. The molecule has 0 heterocycles. The number of carbonyl (C=O) groups excluding carboxylic acids is 1. The van der Waals surface area contributed by atoms with Crippen LogP contribution in [0.15, 0.2) is 24.3 Å². The highest BCUT2D eigenvalue weighted by Crippen LogP contribution is 2.25. The Morgan fingerprint density at radius 1 is 1.53 bits per heavy atom. The number of hydrogen-bond donors (Lipinski definition) is 1. The van der Waals surface area contributed by atoms with Crippen molar-refractivity contribution in [2.45, 2.75) is 44.7 Å². The molecule has 1 N–H and O–H groups in total. The van der Waals surface area contributed by atoms with Crippen LogP contribution < -0.4 is 5.32 Å². The molecule has 0 bridgehead atoms. The van der Waals surface area contributed by atoms with Crippen LogP contribution in [-0.4, -0.2) is 24.2 Å². The van der Waals surface area contributed by atoms with E-state index in [1.54, 1.807) is 13.0 Å². The topological polar surface area (TPSA) is 38.3 Å². The summed E-state index contributed by atoms with van der Waals surface area (Å²) in [5.74, 6) is -0.554. The number of esters is 1. The van der Waals surface area contributed by atoms with Gasteiger partial charge in [-0.2, -0.15) is 0 Å². The highest BCUT2D eigenvalue weighted by Gasteiger charge is 2.39. The van der Waals surface area contributed by atoms with Crippen molar-refractivity contribution in [3.05, 3.63) is 35.6 Å². The van der Waals surface area contributed by atoms with Crippen molar-refractivity contribution in [3.63, 3.8) is 0 Å². The third-order valence-electron chi connectivity index (χ3n) is 3.27. The summed E-state index contributed by atoms with van der Waals surface area (Å²) in [5, 5.41) is 3.32. The maximum absolute atomic E-state index is 13.2. The van der Waals surface area contributed by atoms with Gasteiger partial charge in [0.25, 0.3) is 0 Å². The minimum absolute atomic E-state index is 0.272. The molecule has 2 rings (SSSR count). The molecule has 1 aromatic rings. The van der Waals surface area contributed by atoms with Gasteiger partial charge in [-0.3, -0.25) is 10.1 Å². The van der Waals surface area contributed by atoms with Crippen LogP contribution in [-0.2, 0) is 16.0 Å². The van der Waals surface area contributed by atoms with E-state index in [1.165, 1.54) is 12.1 Å². The average molecular weight is 265 g/mol. The molecule has 1 saturated carbocycles. The van der Waals surface area contributed by atoms with E-state index in [4.69, 9.17) is 4.74 Å². The number of nitrogens with one attached hydrogen (secondary N) is 1. The van der Waals surface area contributed by atoms with E-state index < -0.39 is 5.54 Å². The normalized spacial score (nSPS) is 17.8. The van der Waals surface area contributed by atoms with Gasteiger partial charge in [0.05, 0.1) is 6.61 Å². The van der Waals surface area contributed by atoms with Gasteiger partial charge < -0.3 is 4.74 Å². The first-order chi connectivity index (χ1) is 9.03. The minimum atomic E-state index is -0.787. The van der Waals surface area contributed by atoms with Crippen molar-refractivity contribution in [2.24, 2.45) is 0 Å². The summed E-state index contributed by atoms with van der Waals surface area (Å²) in [6.07, 6.45) is 2.59. The van der Waals surface area contributed by atoms with Gasteiger partial charge in [-0.1, -0.05) is 12.1 Å². The van der Waals surface area contributed by atoms with Crippen molar-refractivity contribution in [1.82, 2.24) is 5.32 Å². The van der Waals surface area contributed by atoms with E-state index in [-0.39, 0.29) is 11.8 Å². The Morgan fingerprint density at radius 2 is 2.26 bits per heavy atom. The van der Waals surface area contributed by atoms with Crippen LogP contribution in [0.4, 0.5) is 4.39 Å². The molecule has 1 aliphatic carbocycles. The first-order valence-electron chi connectivity index (χ1n) is 6.73. The number of ether oxygens (including phenoxy) is 1. The van der Waals surface area contributed by atoms with Crippen LogP contribution in [0.1, 0.15) is 32.3 Å². The molecule has 0 aliphatic heterocycles. The number of rotatable bonds is 6. The lowest BCUT2D eigenvalue weighted by Crippen LogP contribution is -2.53. The predicted octanol–water partition coefficient (Wildman–Crippen LogP) is 2.44. The standard InChI is InChI=1S/C15H20FNO2/c1-3-19-14(18)15(2,17-13-7-8-13)10-11-5-4-6-12(16)9-11/h4-6,9,13,17H,3,7-8,10H2,1-2H3. The Bertz CT molecular complexity index is 459. The number of hydrogen-bond acceptors (Lipinski definition) is 3. The van der Waals surface area contributed by atoms with E-state index in [0.717, 1.165) is 18.4 Å². The molecule has 1 aromatic carbocycles. The second-order valence-corrected chi connectivity index (χ2v) is 5.28. The third kappa shape index (κ3) is 3.77. The lowest BCUT2D eigenvalue weighted by Gasteiger charge is -2.28. The third-order valence-corrected chi connectivity index (χ3v) is 3.27. The van der Waals surface area contributed by atoms with Gasteiger partial charge in [0.15, 0.2) is 0 Å². The molecule has 1 aliphatic rings. The molecule has 0 amide bonds. The molecule has 3 nitrogen and oxygen atoms in total. The second kappa shape index (κ2) is 5.70. The van der Waals surface area contributed by atoms with Crippen LogP contribution in [0.5, 0.6) is 0 Å². The van der Waals surface area contributed by atoms with Gasteiger partial charge in [0, 0.05) is 12.5 Å². The lowest BCUT2D eigenvalue weighted by molar-refractivity contribution is -0.150. The molecule has 1 fully saturated rings. The molecule has 104 valence electrons. The molecule has 0 radical (unpaired) electrons. The maximum Gasteiger partial charge on any atom is 0.326 e. The van der Waals surface area contributed by atoms with E-state index in [2.05, 4.69) is 5.32 Å². The largest absolute Gasteiger partial charge is 0.465 e. The van der Waals surface area contributed by atoms with Crippen LogP contribution in [0.3, 0.4) is 0 Å². The predicted molar refractivity (Wildman–Crippen MR) is 71.3 cm³/mol. The average Bonchev–Trinajstić information content (AvgIpc) is 3.13. The molecule has 19 heavy (non-hydrogen) atoms. The van der Waals surface area contributed by atoms with Gasteiger partial charge in [0.1, 0.15) is 11.4 Å². The summed E-state index contributed by atoms with van der Waals surface area (Å²) in [7, 11) is 0. The Balaban J connectivity index is 2.14. The Labute approximate surface area is 113 Å². The highest BCUT2D eigenvalue weighted by molar-refractivity contribution is 5.81. The van der Waals surface area contributed by atoms with E-state index in [1.807, 2.05) is 13.0 Å². The maximum atomic E-state index is 13.2. The molecule has 0 aromatic heterocycles. The van der Waals surface area contributed by atoms with Crippen molar-refractivity contribution in [1.29, 1.82) is 0 Å². The quantitative estimate of drug-likeness (QED) is 0.803. The van der Waals surface area contributed by atoms with Crippen LogP contribution >= 0.6 is 0 Å². The summed E-state index contributed by atoms with van der Waals surface area (Å²) in [4.78, 5) is 12.1. The molecule has 4 heteroatoms. The monoisotopic (exact) mass is 265 g/mol. The summed E-state index contributed by atoms with van der Waals surface area (Å²) in [5.41, 5.74) is 0.00836. The van der Waals surface area contributed by atoms with Crippen LogP contribution in [0, 0.1) is 5.82 Å². The number of benzene rings is 1. The zero-order valence-electron chi connectivity index (χ0n) is 11.4. The first kappa shape index (κ1) is 14.0. The Morgan fingerprint density at radius 3 is 2.84 bits per heavy atom. The van der Waals surface area contributed by atoms with Gasteiger partial charge in [-0.05, 0) is 44.4 Å². The van der Waals surface area contributed by atoms with Crippen molar-refractivity contribution < 1.29 is 13.9 Å². The molecule has 1 unspecified atom stereocenters. The Hall–Kier alpha value is -1.42. The fourth-order valence-electron chi connectivity index (χ4n) is 2.21. The zero-order chi connectivity index (χ0) is 13.9. The smallest absolute Gasteiger partial charge is 0.326 e. The fraction of sp³-hybridized carbons (Fsp3) is 0.533. The summed E-state index contributed by atoms with van der Waals surface area (Å²) in [6, 6.07) is 6.73. The lowest BCUT2D eigenvalue weighted by atomic mass is 9.92. The molecule has 0 spiro atoms. The molecule has 0 saturated heterocycles.